The van der Waals surface area contributed by atoms with Gasteiger partial charge in [-0.3, -0.25) is 4.99 Å². The molecule has 0 spiro atoms. The highest BCUT2D eigenvalue weighted by molar-refractivity contribution is 6.23. The summed E-state index contributed by atoms with van der Waals surface area (Å²) in [4.78, 5) is 13.6. The van der Waals surface area contributed by atoms with Crippen LogP contribution in [0.25, 0.3) is 0 Å². The van der Waals surface area contributed by atoms with Crippen molar-refractivity contribution in [3.63, 3.8) is 0 Å². The van der Waals surface area contributed by atoms with Crippen molar-refractivity contribution in [3.8, 4) is 0 Å². The summed E-state index contributed by atoms with van der Waals surface area (Å²) in [6.07, 6.45) is -3.49. The Balaban J connectivity index is 2.41. The first kappa shape index (κ1) is 8.85. The van der Waals surface area contributed by atoms with Crippen LogP contribution in [0.4, 0.5) is 13.2 Å². The highest BCUT2D eigenvalue weighted by atomic mass is 19.4. The number of amidine groups is 3. The van der Waals surface area contributed by atoms with E-state index in [0.29, 0.717) is 0 Å². The van der Waals surface area contributed by atoms with Gasteiger partial charge in [-0.25, -0.2) is 15.0 Å². The Bertz CT molecular complexity index is 389. The molecule has 2 aliphatic rings. The topological polar surface area (TPSA) is 75.5 Å². The van der Waals surface area contributed by atoms with E-state index in [2.05, 4.69) is 20.0 Å². The standard InChI is InChI=1S/C6H4F3N5/c7-6(8,9)5-13-3(10)2-4(14-5)12-1-11-2/h1-2H,(H2,10,11,12,13,14). The molecule has 0 amide bonds. The molecule has 2 heterocycles. The van der Waals surface area contributed by atoms with Gasteiger partial charge in [-0.05, 0) is 0 Å². The summed E-state index contributed by atoms with van der Waals surface area (Å²) < 4.78 is 36.5. The SMILES string of the molecule is NC1=NC(C(F)(F)F)=NC2=NC=NC12. The average molecular weight is 203 g/mol. The molecule has 0 aromatic heterocycles. The quantitative estimate of drug-likeness (QED) is 0.596. The molecule has 0 fully saturated rings. The summed E-state index contributed by atoms with van der Waals surface area (Å²) >= 11 is 0. The van der Waals surface area contributed by atoms with E-state index in [1.54, 1.807) is 0 Å². The predicted octanol–water partition coefficient (Wildman–Crippen LogP) is 0.127. The minimum absolute atomic E-state index is 0.0650. The van der Waals surface area contributed by atoms with Gasteiger partial charge in [0.05, 0.1) is 0 Å². The number of hydrogen-bond donors (Lipinski definition) is 1. The van der Waals surface area contributed by atoms with Crippen molar-refractivity contribution in [1.82, 2.24) is 0 Å². The van der Waals surface area contributed by atoms with Crippen LogP contribution in [0.15, 0.2) is 20.0 Å². The van der Waals surface area contributed by atoms with Crippen LogP contribution in [-0.2, 0) is 0 Å². The van der Waals surface area contributed by atoms with E-state index in [1.807, 2.05) is 0 Å². The zero-order valence-corrected chi connectivity index (χ0v) is 6.65. The molecule has 14 heavy (non-hydrogen) atoms. The molecule has 5 nitrogen and oxygen atoms in total. The van der Waals surface area contributed by atoms with E-state index >= 15 is 0 Å². The molecule has 2 aliphatic heterocycles. The summed E-state index contributed by atoms with van der Waals surface area (Å²) in [6.45, 7) is 0. The summed E-state index contributed by atoms with van der Waals surface area (Å²) in [5, 5.41) is 0. The van der Waals surface area contributed by atoms with Crippen LogP contribution in [-0.4, -0.2) is 36.1 Å². The smallest absolute Gasteiger partial charge is 0.385 e. The highest BCUT2D eigenvalue weighted by Crippen LogP contribution is 2.22. The number of aliphatic imine (C=N–C) groups is 4. The molecule has 1 unspecified atom stereocenters. The van der Waals surface area contributed by atoms with Gasteiger partial charge in [0.1, 0.15) is 12.2 Å². The van der Waals surface area contributed by atoms with Gasteiger partial charge in [-0.1, -0.05) is 0 Å². The minimum atomic E-state index is -4.61. The van der Waals surface area contributed by atoms with Crippen LogP contribution in [0.3, 0.4) is 0 Å². The Kier molecular flexibility index (Phi) is 1.66. The van der Waals surface area contributed by atoms with Crippen LogP contribution in [0, 0.1) is 0 Å². The monoisotopic (exact) mass is 203 g/mol. The lowest BCUT2D eigenvalue weighted by Gasteiger charge is -2.15. The van der Waals surface area contributed by atoms with Gasteiger partial charge in [0.2, 0.25) is 5.84 Å². The lowest BCUT2D eigenvalue weighted by Crippen LogP contribution is -2.39. The molecule has 0 radical (unpaired) electrons. The van der Waals surface area contributed by atoms with Gasteiger partial charge < -0.3 is 5.73 Å². The number of rotatable bonds is 0. The molecule has 0 saturated heterocycles. The zero-order valence-electron chi connectivity index (χ0n) is 6.65. The highest BCUT2D eigenvalue weighted by Gasteiger charge is 2.40. The Morgan fingerprint density at radius 3 is 2.64 bits per heavy atom. The second-order valence-electron chi connectivity index (χ2n) is 2.62. The maximum Gasteiger partial charge on any atom is 0.451 e. The van der Waals surface area contributed by atoms with Crippen LogP contribution < -0.4 is 5.73 Å². The summed E-state index contributed by atoms with van der Waals surface area (Å²) in [5.74, 6) is -1.58. The number of nitrogens with two attached hydrogens (primary N) is 1. The number of halogens is 3. The van der Waals surface area contributed by atoms with E-state index in [-0.39, 0.29) is 11.7 Å². The van der Waals surface area contributed by atoms with Crippen LogP contribution in [0.1, 0.15) is 0 Å². The first-order valence-electron chi connectivity index (χ1n) is 3.58. The summed E-state index contributed by atoms with van der Waals surface area (Å²) in [5.41, 5.74) is 5.28. The average Bonchev–Trinajstić information content (AvgIpc) is 2.50. The Morgan fingerprint density at radius 2 is 2.00 bits per heavy atom. The lowest BCUT2D eigenvalue weighted by molar-refractivity contribution is -0.0596. The maximum absolute atomic E-state index is 12.2. The van der Waals surface area contributed by atoms with Gasteiger partial charge in [-0.15, -0.1) is 0 Å². The van der Waals surface area contributed by atoms with E-state index in [1.165, 1.54) is 0 Å². The number of hydrogen-bond acceptors (Lipinski definition) is 5. The third-order valence-corrected chi connectivity index (χ3v) is 1.64. The lowest BCUT2D eigenvalue weighted by atomic mass is 10.2. The third-order valence-electron chi connectivity index (χ3n) is 1.64. The van der Waals surface area contributed by atoms with Crippen molar-refractivity contribution in [3.05, 3.63) is 0 Å². The van der Waals surface area contributed by atoms with Gasteiger partial charge >= 0.3 is 6.18 Å². The van der Waals surface area contributed by atoms with Gasteiger partial charge in [0, 0.05) is 0 Å². The molecular weight excluding hydrogens is 199 g/mol. The van der Waals surface area contributed by atoms with E-state index < -0.39 is 18.1 Å². The summed E-state index contributed by atoms with van der Waals surface area (Å²) in [7, 11) is 0. The van der Waals surface area contributed by atoms with Gasteiger partial charge in [0.25, 0.3) is 0 Å². The normalized spacial score (nSPS) is 25.4. The van der Waals surface area contributed by atoms with Crippen molar-refractivity contribution in [2.75, 3.05) is 0 Å². The Labute approximate surface area is 76.0 Å². The molecule has 2 rings (SSSR count). The fraction of sp³-hybridized carbons (Fsp3) is 0.333. The van der Waals surface area contributed by atoms with E-state index in [0.717, 1.165) is 6.34 Å². The van der Waals surface area contributed by atoms with Crippen molar-refractivity contribution in [2.45, 2.75) is 12.2 Å². The molecule has 8 heteroatoms. The van der Waals surface area contributed by atoms with E-state index in [9.17, 15) is 13.2 Å². The van der Waals surface area contributed by atoms with Crippen LogP contribution >= 0.6 is 0 Å². The van der Waals surface area contributed by atoms with Gasteiger partial charge in [-0.2, -0.15) is 13.2 Å². The van der Waals surface area contributed by atoms with Crippen molar-refractivity contribution in [2.24, 2.45) is 25.7 Å². The van der Waals surface area contributed by atoms with Crippen LogP contribution in [0.2, 0.25) is 0 Å². The fourth-order valence-electron chi connectivity index (χ4n) is 1.04. The molecule has 2 N–H and O–H groups in total. The number of nitrogens with zero attached hydrogens (tertiary/aromatic N) is 4. The maximum atomic E-state index is 12.2. The second kappa shape index (κ2) is 2.63. The molecule has 0 bridgehead atoms. The summed E-state index contributed by atoms with van der Waals surface area (Å²) in [6, 6.07) is -0.749. The molecule has 0 aromatic carbocycles. The fourth-order valence-corrected chi connectivity index (χ4v) is 1.04. The molecule has 0 aliphatic carbocycles. The zero-order chi connectivity index (χ0) is 10.3. The first-order valence-corrected chi connectivity index (χ1v) is 3.58. The van der Waals surface area contributed by atoms with Crippen molar-refractivity contribution in [1.29, 1.82) is 0 Å². The third kappa shape index (κ3) is 1.28. The number of alkyl halides is 3. The van der Waals surface area contributed by atoms with Crippen molar-refractivity contribution >= 4 is 23.8 Å². The first-order chi connectivity index (χ1) is 6.48. The second-order valence-corrected chi connectivity index (χ2v) is 2.62. The van der Waals surface area contributed by atoms with E-state index in [4.69, 9.17) is 5.73 Å². The Morgan fingerprint density at radius 1 is 1.29 bits per heavy atom. The molecule has 0 aromatic rings. The molecule has 1 atom stereocenters. The molecular formula is C6H4F3N5. The number of fused-ring (bicyclic) bond motifs is 1. The van der Waals surface area contributed by atoms with Crippen molar-refractivity contribution < 1.29 is 13.2 Å². The Hall–Kier alpha value is -1.73. The molecule has 74 valence electrons. The van der Waals surface area contributed by atoms with Crippen LogP contribution in [0.5, 0.6) is 0 Å². The van der Waals surface area contributed by atoms with Gasteiger partial charge in [0.15, 0.2) is 11.9 Å². The predicted molar refractivity (Wildman–Crippen MR) is 44.8 cm³/mol. The molecule has 0 saturated carbocycles. The largest absolute Gasteiger partial charge is 0.451 e. The minimum Gasteiger partial charge on any atom is -0.385 e.